The molecule has 3 atom stereocenters. The van der Waals surface area contributed by atoms with Gasteiger partial charge in [0.25, 0.3) is 0 Å². The number of hydrogen-bond donors (Lipinski definition) is 1. The lowest BCUT2D eigenvalue weighted by molar-refractivity contribution is -0.127. The van der Waals surface area contributed by atoms with E-state index in [2.05, 4.69) is 16.3 Å². The van der Waals surface area contributed by atoms with E-state index in [1.54, 1.807) is 27.4 Å². The van der Waals surface area contributed by atoms with Gasteiger partial charge < -0.3 is 23.8 Å². The first-order valence-corrected chi connectivity index (χ1v) is 12.3. The summed E-state index contributed by atoms with van der Waals surface area (Å²) >= 11 is 0. The first-order chi connectivity index (χ1) is 16.9. The molecule has 8 nitrogen and oxygen atoms in total. The van der Waals surface area contributed by atoms with Crippen LogP contribution >= 0.6 is 0 Å². The van der Waals surface area contributed by atoms with E-state index in [0.717, 1.165) is 56.8 Å². The number of methoxy groups -OCH3 is 4. The van der Waals surface area contributed by atoms with Gasteiger partial charge in [0.15, 0.2) is 23.0 Å². The Balaban J connectivity index is 1.48. The molecule has 2 saturated heterocycles. The van der Waals surface area contributed by atoms with E-state index in [0.29, 0.717) is 17.9 Å². The van der Waals surface area contributed by atoms with Gasteiger partial charge in [-0.1, -0.05) is 18.6 Å². The average Bonchev–Trinajstić information content (AvgIpc) is 3.00. The second kappa shape index (κ2) is 10.7. The third-order valence-electron chi connectivity index (χ3n) is 7.56. The van der Waals surface area contributed by atoms with E-state index >= 15 is 0 Å². The van der Waals surface area contributed by atoms with E-state index < -0.39 is 11.3 Å². The zero-order chi connectivity index (χ0) is 25.0. The van der Waals surface area contributed by atoms with Crippen LogP contribution in [0.4, 0.5) is 0 Å². The molecule has 190 valence electrons. The molecular formula is C27H36N2O6. The highest BCUT2D eigenvalue weighted by Crippen LogP contribution is 2.49. The van der Waals surface area contributed by atoms with Crippen molar-refractivity contribution in [3.05, 3.63) is 47.4 Å². The smallest absolute Gasteiger partial charge is 0.238 e. The molecule has 1 aromatic carbocycles. The van der Waals surface area contributed by atoms with Gasteiger partial charge >= 0.3 is 0 Å². The number of fused-ring (bicyclic) bond motifs is 1. The van der Waals surface area contributed by atoms with Crippen LogP contribution in [0.1, 0.15) is 31.2 Å². The minimum Gasteiger partial charge on any atom is -0.496 e. The highest BCUT2D eigenvalue weighted by molar-refractivity contribution is 6.10. The minimum atomic E-state index is -0.936. The molecule has 0 aromatic heterocycles. The summed E-state index contributed by atoms with van der Waals surface area (Å²) in [5.41, 5.74) is 0.258. The fourth-order valence-corrected chi connectivity index (χ4v) is 5.79. The lowest BCUT2D eigenvalue weighted by Crippen LogP contribution is -2.41. The molecule has 8 heteroatoms. The molecular weight excluding hydrogens is 448 g/mol. The number of imide groups is 1. The number of nitrogens with one attached hydrogen (secondary N) is 1. The van der Waals surface area contributed by atoms with E-state index in [-0.39, 0.29) is 17.7 Å². The third-order valence-corrected chi connectivity index (χ3v) is 7.56. The van der Waals surface area contributed by atoms with Gasteiger partial charge in [0.2, 0.25) is 11.8 Å². The summed E-state index contributed by atoms with van der Waals surface area (Å²) in [4.78, 5) is 28.4. The first-order valence-electron chi connectivity index (χ1n) is 12.3. The SMILES string of the molecule is COC1=C(OC)C2C(=O)NC(=O)C2(CC2CCCCN(CCc3ccc(OC)c(OC)c3)C2)C=C1. The standard InChI is InChI=1S/C27H36N2O6/c1-32-20-9-8-18(15-22(20)34-3)11-14-29-13-6-5-7-19(17-29)16-27-12-10-21(33-2)24(35-4)23(27)25(30)28-26(27)31/h8-10,12,15,19,23H,5-7,11,13-14,16-17H2,1-4H3,(H,28,30,31). The predicted octanol–water partition coefficient (Wildman–Crippen LogP) is 3.07. The van der Waals surface area contributed by atoms with Crippen LogP contribution in [-0.2, 0) is 25.5 Å². The number of ether oxygens (including phenoxy) is 4. The van der Waals surface area contributed by atoms with Gasteiger partial charge in [-0.05, 0) is 61.9 Å². The second-order valence-corrected chi connectivity index (χ2v) is 9.57. The Morgan fingerprint density at radius 3 is 2.54 bits per heavy atom. The van der Waals surface area contributed by atoms with Gasteiger partial charge in [-0.3, -0.25) is 14.9 Å². The van der Waals surface area contributed by atoms with Gasteiger partial charge in [-0.15, -0.1) is 0 Å². The van der Waals surface area contributed by atoms with Crippen molar-refractivity contribution in [2.75, 3.05) is 48.1 Å². The molecule has 2 aliphatic heterocycles. The maximum Gasteiger partial charge on any atom is 0.238 e. The topological polar surface area (TPSA) is 86.3 Å². The number of benzene rings is 1. The van der Waals surface area contributed by atoms with Gasteiger partial charge in [0, 0.05) is 13.1 Å². The maximum atomic E-state index is 13.1. The molecule has 3 unspecified atom stereocenters. The van der Waals surface area contributed by atoms with Crippen LogP contribution in [0.15, 0.2) is 41.9 Å². The zero-order valence-corrected chi connectivity index (χ0v) is 21.1. The quantitative estimate of drug-likeness (QED) is 0.539. The number of allylic oxidation sites excluding steroid dienone is 1. The van der Waals surface area contributed by atoms with E-state index in [1.807, 2.05) is 18.2 Å². The summed E-state index contributed by atoms with van der Waals surface area (Å²) < 4.78 is 21.8. The number of nitrogens with zero attached hydrogens (tertiary/aromatic N) is 1. The summed E-state index contributed by atoms with van der Waals surface area (Å²) in [5, 5.41) is 2.56. The van der Waals surface area contributed by atoms with Gasteiger partial charge in [0.05, 0.1) is 33.9 Å². The molecule has 1 N–H and O–H groups in total. The number of rotatable bonds is 9. The molecule has 1 aromatic rings. The second-order valence-electron chi connectivity index (χ2n) is 9.57. The van der Waals surface area contributed by atoms with Crippen molar-refractivity contribution >= 4 is 11.8 Å². The van der Waals surface area contributed by atoms with Crippen LogP contribution in [0.2, 0.25) is 0 Å². The summed E-state index contributed by atoms with van der Waals surface area (Å²) in [7, 11) is 6.36. The lowest BCUT2D eigenvalue weighted by Gasteiger charge is -2.36. The monoisotopic (exact) mass is 484 g/mol. The lowest BCUT2D eigenvalue weighted by atomic mass is 9.67. The third kappa shape index (κ3) is 4.89. The Morgan fingerprint density at radius 1 is 1.03 bits per heavy atom. The fraction of sp³-hybridized carbons (Fsp3) is 0.556. The highest BCUT2D eigenvalue weighted by atomic mass is 16.5. The summed E-state index contributed by atoms with van der Waals surface area (Å²) in [5.74, 6) is 1.43. The minimum absolute atomic E-state index is 0.241. The maximum absolute atomic E-state index is 13.1. The van der Waals surface area contributed by atoms with Crippen molar-refractivity contribution in [2.24, 2.45) is 17.3 Å². The van der Waals surface area contributed by atoms with Gasteiger partial charge in [0.1, 0.15) is 5.92 Å². The number of hydrogen-bond acceptors (Lipinski definition) is 7. The Morgan fingerprint density at radius 2 is 1.83 bits per heavy atom. The van der Waals surface area contributed by atoms with Crippen molar-refractivity contribution in [1.82, 2.24) is 10.2 Å². The molecule has 4 rings (SSSR count). The zero-order valence-electron chi connectivity index (χ0n) is 21.1. The van der Waals surface area contributed by atoms with Gasteiger partial charge in [-0.25, -0.2) is 0 Å². The molecule has 1 aliphatic carbocycles. The van der Waals surface area contributed by atoms with Crippen LogP contribution in [0, 0.1) is 17.3 Å². The number of amides is 2. The molecule has 35 heavy (non-hydrogen) atoms. The Bertz CT molecular complexity index is 1020. The Kier molecular flexibility index (Phi) is 7.69. The molecule has 0 bridgehead atoms. The van der Waals surface area contributed by atoms with Crippen molar-refractivity contribution < 1.29 is 28.5 Å². The van der Waals surface area contributed by atoms with E-state index in [9.17, 15) is 9.59 Å². The van der Waals surface area contributed by atoms with Crippen LogP contribution in [-0.4, -0.2) is 64.8 Å². The van der Waals surface area contributed by atoms with E-state index in [4.69, 9.17) is 18.9 Å². The van der Waals surface area contributed by atoms with Crippen LogP contribution < -0.4 is 14.8 Å². The molecule has 2 fully saturated rings. The normalized spacial score (nSPS) is 26.7. The number of carbonyl (C=O) groups excluding carboxylic acids is 2. The average molecular weight is 485 g/mol. The first kappa shape index (κ1) is 25.1. The van der Waals surface area contributed by atoms with Crippen molar-refractivity contribution in [1.29, 1.82) is 0 Å². The van der Waals surface area contributed by atoms with E-state index in [1.165, 1.54) is 12.7 Å². The Labute approximate surface area is 207 Å². The predicted molar refractivity (Wildman–Crippen MR) is 131 cm³/mol. The van der Waals surface area contributed by atoms with Crippen LogP contribution in [0.25, 0.3) is 0 Å². The van der Waals surface area contributed by atoms with Crippen LogP contribution in [0.5, 0.6) is 11.5 Å². The van der Waals surface area contributed by atoms with Gasteiger partial charge in [-0.2, -0.15) is 0 Å². The summed E-state index contributed by atoms with van der Waals surface area (Å²) in [6, 6.07) is 6.05. The molecule has 3 aliphatic rings. The summed E-state index contributed by atoms with van der Waals surface area (Å²) in [6.45, 7) is 2.83. The number of likely N-dealkylation sites (tertiary alicyclic amines) is 1. The summed E-state index contributed by atoms with van der Waals surface area (Å²) in [6.07, 6.45) is 8.39. The highest BCUT2D eigenvalue weighted by Gasteiger charge is 2.58. The molecule has 0 spiro atoms. The molecule has 0 radical (unpaired) electrons. The molecule has 0 saturated carbocycles. The van der Waals surface area contributed by atoms with Crippen molar-refractivity contribution in [3.8, 4) is 11.5 Å². The fourth-order valence-electron chi connectivity index (χ4n) is 5.79. The van der Waals surface area contributed by atoms with Crippen molar-refractivity contribution in [2.45, 2.75) is 32.1 Å². The van der Waals surface area contributed by atoms with Crippen LogP contribution in [0.3, 0.4) is 0 Å². The number of carbonyl (C=O) groups is 2. The van der Waals surface area contributed by atoms with Crippen molar-refractivity contribution in [3.63, 3.8) is 0 Å². The largest absolute Gasteiger partial charge is 0.496 e. The molecule has 2 amide bonds. The Hall–Kier alpha value is -3.00. The molecule has 2 heterocycles.